The second-order valence-corrected chi connectivity index (χ2v) is 2.85. The summed E-state index contributed by atoms with van der Waals surface area (Å²) >= 11 is 0. The van der Waals surface area contributed by atoms with Gasteiger partial charge < -0.3 is 0 Å². The van der Waals surface area contributed by atoms with Crippen LogP contribution in [0, 0.1) is 11.8 Å². The van der Waals surface area contributed by atoms with E-state index in [1.54, 1.807) is 0 Å². The highest BCUT2D eigenvalue weighted by molar-refractivity contribution is 4.74. The molecule has 0 heteroatoms. The molecular formula is C7H14. The predicted octanol–water partition coefficient (Wildman–Crippen LogP) is 2.44. The highest BCUT2D eigenvalue weighted by atomic mass is 14.3. The van der Waals surface area contributed by atoms with E-state index < -0.39 is 0 Å². The minimum absolute atomic E-state index is 1.05. The predicted molar refractivity (Wildman–Crippen MR) is 32.2 cm³/mol. The van der Waals surface area contributed by atoms with E-state index in [0.717, 1.165) is 11.8 Å². The molecule has 1 rings (SSSR count). The lowest BCUT2D eigenvalue weighted by atomic mass is 9.75. The van der Waals surface area contributed by atoms with Crippen molar-refractivity contribution in [2.75, 3.05) is 0 Å². The van der Waals surface area contributed by atoms with Gasteiger partial charge in [0.25, 0.3) is 0 Å². The molecule has 1 aliphatic rings. The van der Waals surface area contributed by atoms with Crippen LogP contribution < -0.4 is 0 Å². The molecule has 0 amide bonds. The molecule has 0 aromatic heterocycles. The number of hydrogen-bond acceptors (Lipinski definition) is 0. The number of rotatable bonds is 1. The van der Waals surface area contributed by atoms with Gasteiger partial charge in [0.15, 0.2) is 0 Å². The van der Waals surface area contributed by atoms with E-state index in [0.29, 0.717) is 0 Å². The van der Waals surface area contributed by atoms with Crippen molar-refractivity contribution in [3.05, 3.63) is 0 Å². The van der Waals surface area contributed by atoms with Gasteiger partial charge in [-0.25, -0.2) is 0 Å². The fourth-order valence-electron chi connectivity index (χ4n) is 1.40. The van der Waals surface area contributed by atoms with E-state index in [9.17, 15) is 0 Å². The Balaban J connectivity index is 2.06. The Hall–Kier alpha value is 0. The van der Waals surface area contributed by atoms with Gasteiger partial charge in [-0.05, 0) is 24.7 Å². The largest absolute Gasteiger partial charge is 0.0651 e. The molecule has 0 aliphatic heterocycles. The SMILES string of the molecule is CCC1CC(C)C1. The smallest absolute Gasteiger partial charge is 0.0412 e. The van der Waals surface area contributed by atoms with Crippen LogP contribution in [0.25, 0.3) is 0 Å². The van der Waals surface area contributed by atoms with Crippen molar-refractivity contribution in [3.8, 4) is 0 Å². The van der Waals surface area contributed by atoms with Gasteiger partial charge in [-0.3, -0.25) is 0 Å². The molecule has 0 radical (unpaired) electrons. The Bertz CT molecular complexity index is 51.1. The van der Waals surface area contributed by atoms with Gasteiger partial charge in [-0.15, -0.1) is 0 Å². The van der Waals surface area contributed by atoms with E-state index in [2.05, 4.69) is 13.8 Å². The van der Waals surface area contributed by atoms with E-state index in [-0.39, 0.29) is 0 Å². The van der Waals surface area contributed by atoms with Crippen LogP contribution in [-0.4, -0.2) is 0 Å². The summed E-state index contributed by atoms with van der Waals surface area (Å²) in [4.78, 5) is 0. The summed E-state index contributed by atoms with van der Waals surface area (Å²) in [7, 11) is 0. The summed E-state index contributed by atoms with van der Waals surface area (Å²) < 4.78 is 0. The van der Waals surface area contributed by atoms with Crippen molar-refractivity contribution in [1.82, 2.24) is 0 Å². The Labute approximate surface area is 45.9 Å². The van der Waals surface area contributed by atoms with E-state index in [1.165, 1.54) is 19.3 Å². The second-order valence-electron chi connectivity index (χ2n) is 2.85. The van der Waals surface area contributed by atoms with Gasteiger partial charge in [0.2, 0.25) is 0 Å². The van der Waals surface area contributed by atoms with Crippen LogP contribution in [-0.2, 0) is 0 Å². The molecule has 0 aromatic rings. The zero-order valence-corrected chi connectivity index (χ0v) is 5.28. The van der Waals surface area contributed by atoms with Gasteiger partial charge >= 0.3 is 0 Å². The number of hydrogen-bond donors (Lipinski definition) is 0. The highest BCUT2D eigenvalue weighted by Gasteiger charge is 2.22. The third-order valence-electron chi connectivity index (χ3n) is 2.05. The van der Waals surface area contributed by atoms with Crippen molar-refractivity contribution < 1.29 is 0 Å². The maximum atomic E-state index is 2.34. The van der Waals surface area contributed by atoms with Gasteiger partial charge in [0, 0.05) is 0 Å². The van der Waals surface area contributed by atoms with Crippen molar-refractivity contribution >= 4 is 0 Å². The lowest BCUT2D eigenvalue weighted by Crippen LogP contribution is -2.19. The quantitative estimate of drug-likeness (QED) is 0.472. The summed E-state index contributed by atoms with van der Waals surface area (Å²) in [6, 6.07) is 0. The monoisotopic (exact) mass is 98.1 g/mol. The van der Waals surface area contributed by atoms with Gasteiger partial charge in [0.05, 0.1) is 0 Å². The minimum Gasteiger partial charge on any atom is -0.0651 e. The first-order chi connectivity index (χ1) is 3.33. The van der Waals surface area contributed by atoms with E-state index in [4.69, 9.17) is 0 Å². The second kappa shape index (κ2) is 1.85. The first-order valence-electron chi connectivity index (χ1n) is 3.33. The van der Waals surface area contributed by atoms with E-state index >= 15 is 0 Å². The van der Waals surface area contributed by atoms with Crippen LogP contribution in [0.4, 0.5) is 0 Å². The summed E-state index contributed by atoms with van der Waals surface area (Å²) in [5.74, 6) is 2.14. The Morgan fingerprint density at radius 2 is 2.00 bits per heavy atom. The lowest BCUT2D eigenvalue weighted by Gasteiger charge is -2.31. The van der Waals surface area contributed by atoms with Crippen molar-refractivity contribution in [3.63, 3.8) is 0 Å². The fourth-order valence-corrected chi connectivity index (χ4v) is 1.40. The highest BCUT2D eigenvalue weighted by Crippen LogP contribution is 2.34. The van der Waals surface area contributed by atoms with Crippen LogP contribution in [0.2, 0.25) is 0 Å². The Kier molecular flexibility index (Phi) is 1.36. The van der Waals surface area contributed by atoms with Crippen LogP contribution in [0.15, 0.2) is 0 Å². The Morgan fingerprint density at radius 3 is 2.14 bits per heavy atom. The molecule has 0 aromatic carbocycles. The lowest BCUT2D eigenvalue weighted by molar-refractivity contribution is 0.206. The molecule has 0 atom stereocenters. The van der Waals surface area contributed by atoms with Crippen molar-refractivity contribution in [2.45, 2.75) is 33.1 Å². The normalized spacial score (nSPS) is 40.3. The molecule has 42 valence electrons. The average molecular weight is 98.2 g/mol. The standard InChI is InChI=1S/C7H14/c1-3-7-4-6(2)5-7/h6-7H,3-5H2,1-2H3. The average Bonchev–Trinajstić information content (AvgIpc) is 1.58. The summed E-state index contributed by atoms with van der Waals surface area (Å²) in [6.45, 7) is 4.63. The summed E-state index contributed by atoms with van der Waals surface area (Å²) in [5.41, 5.74) is 0. The topological polar surface area (TPSA) is 0 Å². The summed E-state index contributed by atoms with van der Waals surface area (Å²) in [5, 5.41) is 0. The molecule has 0 heterocycles. The van der Waals surface area contributed by atoms with Crippen LogP contribution in [0.1, 0.15) is 33.1 Å². The molecule has 0 nitrogen and oxygen atoms in total. The molecule has 0 N–H and O–H groups in total. The zero-order chi connectivity index (χ0) is 5.28. The molecule has 1 saturated carbocycles. The molecule has 0 bridgehead atoms. The van der Waals surface area contributed by atoms with Gasteiger partial charge in [-0.2, -0.15) is 0 Å². The fraction of sp³-hybridized carbons (Fsp3) is 1.00. The van der Waals surface area contributed by atoms with Crippen LogP contribution in [0.5, 0.6) is 0 Å². The minimum atomic E-state index is 1.05. The Morgan fingerprint density at radius 1 is 1.43 bits per heavy atom. The molecular weight excluding hydrogens is 84.1 g/mol. The van der Waals surface area contributed by atoms with E-state index in [1.807, 2.05) is 0 Å². The molecule has 1 aliphatic carbocycles. The molecule has 0 unspecified atom stereocenters. The third-order valence-corrected chi connectivity index (χ3v) is 2.05. The van der Waals surface area contributed by atoms with Gasteiger partial charge in [0.1, 0.15) is 0 Å². The van der Waals surface area contributed by atoms with Crippen molar-refractivity contribution in [1.29, 1.82) is 0 Å². The third kappa shape index (κ3) is 0.960. The molecule has 7 heavy (non-hydrogen) atoms. The first-order valence-corrected chi connectivity index (χ1v) is 3.33. The van der Waals surface area contributed by atoms with Gasteiger partial charge in [-0.1, -0.05) is 20.3 Å². The van der Waals surface area contributed by atoms with Crippen LogP contribution >= 0.6 is 0 Å². The zero-order valence-electron chi connectivity index (χ0n) is 5.28. The maximum absolute atomic E-state index is 2.34. The maximum Gasteiger partial charge on any atom is -0.0412 e. The summed E-state index contributed by atoms with van der Waals surface area (Å²) in [6.07, 6.45) is 4.40. The molecule has 1 fully saturated rings. The molecule has 0 spiro atoms. The molecule has 0 saturated heterocycles. The van der Waals surface area contributed by atoms with Crippen molar-refractivity contribution in [2.24, 2.45) is 11.8 Å². The first kappa shape index (κ1) is 5.14. The van der Waals surface area contributed by atoms with Crippen LogP contribution in [0.3, 0.4) is 0 Å².